The zero-order chi connectivity index (χ0) is 7.98. The number of rotatable bonds is 4. The summed E-state index contributed by atoms with van der Waals surface area (Å²) in [7, 11) is 0. The van der Waals surface area contributed by atoms with E-state index in [1.54, 1.807) is 0 Å². The summed E-state index contributed by atoms with van der Waals surface area (Å²) in [5.41, 5.74) is 0. The van der Waals surface area contributed by atoms with Gasteiger partial charge in [-0.1, -0.05) is 13.8 Å². The van der Waals surface area contributed by atoms with Gasteiger partial charge in [-0.15, -0.1) is 12.3 Å². The topological polar surface area (TPSA) is 0 Å². The molecule has 0 saturated carbocycles. The molecule has 0 rings (SSSR count). The van der Waals surface area contributed by atoms with Gasteiger partial charge >= 0.3 is 0 Å². The van der Waals surface area contributed by atoms with Gasteiger partial charge in [0, 0.05) is 6.42 Å². The Bertz CT molecular complexity index is 112. The van der Waals surface area contributed by atoms with Crippen LogP contribution in [-0.2, 0) is 0 Å². The van der Waals surface area contributed by atoms with Crippen molar-refractivity contribution in [2.75, 3.05) is 0 Å². The zero-order valence-corrected chi connectivity index (χ0v) is 6.73. The Morgan fingerprint density at radius 2 is 2.20 bits per heavy atom. The summed E-state index contributed by atoms with van der Waals surface area (Å²) in [5, 5.41) is 0. The fourth-order valence-electron chi connectivity index (χ4n) is 0.894. The molecule has 0 bridgehead atoms. The van der Waals surface area contributed by atoms with Crippen LogP contribution in [0.5, 0.6) is 0 Å². The van der Waals surface area contributed by atoms with Crippen LogP contribution in [-0.4, -0.2) is 6.17 Å². The van der Waals surface area contributed by atoms with Crippen LogP contribution in [0.15, 0.2) is 0 Å². The highest BCUT2D eigenvalue weighted by Crippen LogP contribution is 2.15. The van der Waals surface area contributed by atoms with Gasteiger partial charge in [0.25, 0.3) is 0 Å². The van der Waals surface area contributed by atoms with E-state index in [9.17, 15) is 4.39 Å². The molecule has 0 aliphatic rings. The van der Waals surface area contributed by atoms with Gasteiger partial charge in [0.2, 0.25) is 0 Å². The van der Waals surface area contributed by atoms with Crippen molar-refractivity contribution in [2.24, 2.45) is 5.92 Å². The summed E-state index contributed by atoms with van der Waals surface area (Å²) >= 11 is 0. The first-order chi connectivity index (χ1) is 4.72. The van der Waals surface area contributed by atoms with E-state index < -0.39 is 6.17 Å². The number of halogens is 1. The number of terminal acetylenes is 1. The van der Waals surface area contributed by atoms with Crippen molar-refractivity contribution in [3.8, 4) is 12.3 Å². The molecular formula is C9H15F. The minimum atomic E-state index is -0.673. The average molecular weight is 142 g/mol. The van der Waals surface area contributed by atoms with Crippen molar-refractivity contribution >= 4 is 0 Å². The van der Waals surface area contributed by atoms with E-state index >= 15 is 0 Å². The van der Waals surface area contributed by atoms with Crippen LogP contribution in [0.4, 0.5) is 4.39 Å². The van der Waals surface area contributed by atoms with E-state index in [0.717, 1.165) is 6.42 Å². The van der Waals surface area contributed by atoms with Gasteiger partial charge in [-0.2, -0.15) is 0 Å². The van der Waals surface area contributed by atoms with Gasteiger partial charge in [-0.25, -0.2) is 4.39 Å². The molecule has 0 N–H and O–H groups in total. The number of hydrogen-bond acceptors (Lipinski definition) is 0. The third kappa shape index (κ3) is 3.50. The van der Waals surface area contributed by atoms with E-state index in [0.29, 0.717) is 12.8 Å². The molecule has 0 fully saturated rings. The summed E-state index contributed by atoms with van der Waals surface area (Å²) in [6.45, 7) is 3.77. The predicted octanol–water partition coefficient (Wildman–Crippen LogP) is 2.78. The second-order valence-corrected chi connectivity index (χ2v) is 2.64. The Morgan fingerprint density at radius 3 is 2.60 bits per heavy atom. The lowest BCUT2D eigenvalue weighted by Gasteiger charge is -2.12. The molecule has 0 nitrogen and oxygen atoms in total. The Kier molecular flexibility index (Phi) is 5.02. The van der Waals surface area contributed by atoms with Gasteiger partial charge < -0.3 is 0 Å². The molecule has 0 aliphatic carbocycles. The van der Waals surface area contributed by atoms with E-state index in [-0.39, 0.29) is 5.92 Å². The molecule has 0 aromatic heterocycles. The Labute approximate surface area is 62.8 Å². The molecule has 10 heavy (non-hydrogen) atoms. The fourth-order valence-corrected chi connectivity index (χ4v) is 0.894. The maximum absolute atomic E-state index is 12.8. The van der Waals surface area contributed by atoms with E-state index in [2.05, 4.69) is 5.92 Å². The van der Waals surface area contributed by atoms with Crippen LogP contribution in [0.2, 0.25) is 0 Å². The van der Waals surface area contributed by atoms with Crippen LogP contribution >= 0.6 is 0 Å². The molecule has 0 spiro atoms. The maximum atomic E-state index is 12.8. The van der Waals surface area contributed by atoms with Crippen molar-refractivity contribution in [1.82, 2.24) is 0 Å². The monoisotopic (exact) mass is 142 g/mol. The zero-order valence-electron chi connectivity index (χ0n) is 6.73. The minimum Gasteiger partial charge on any atom is -0.247 e. The third-order valence-corrected chi connectivity index (χ3v) is 1.75. The molecule has 0 aromatic carbocycles. The summed E-state index contributed by atoms with van der Waals surface area (Å²) < 4.78 is 12.8. The van der Waals surface area contributed by atoms with Crippen molar-refractivity contribution in [3.05, 3.63) is 0 Å². The lowest BCUT2D eigenvalue weighted by Crippen LogP contribution is -2.10. The fraction of sp³-hybridized carbons (Fsp3) is 0.778. The van der Waals surface area contributed by atoms with Gasteiger partial charge in [0.1, 0.15) is 6.17 Å². The van der Waals surface area contributed by atoms with E-state index in [4.69, 9.17) is 6.42 Å². The Morgan fingerprint density at radius 1 is 1.60 bits per heavy atom. The molecule has 1 heteroatoms. The largest absolute Gasteiger partial charge is 0.247 e. The SMILES string of the molecule is C#CCCC(C)C(F)CC. The number of alkyl halides is 1. The highest BCUT2D eigenvalue weighted by Gasteiger charge is 2.12. The Hall–Kier alpha value is -0.510. The number of hydrogen-bond donors (Lipinski definition) is 0. The quantitative estimate of drug-likeness (QED) is 0.529. The molecule has 2 unspecified atom stereocenters. The van der Waals surface area contributed by atoms with Crippen LogP contribution < -0.4 is 0 Å². The summed E-state index contributed by atoms with van der Waals surface area (Å²) in [5.74, 6) is 2.64. The third-order valence-electron chi connectivity index (χ3n) is 1.75. The first-order valence-corrected chi connectivity index (χ1v) is 3.79. The smallest absolute Gasteiger partial charge is 0.102 e. The predicted molar refractivity (Wildman–Crippen MR) is 42.4 cm³/mol. The normalized spacial score (nSPS) is 15.8. The van der Waals surface area contributed by atoms with Crippen molar-refractivity contribution < 1.29 is 4.39 Å². The van der Waals surface area contributed by atoms with E-state index in [1.807, 2.05) is 13.8 Å². The molecular weight excluding hydrogens is 127 g/mol. The Balaban J connectivity index is 3.43. The van der Waals surface area contributed by atoms with Crippen molar-refractivity contribution in [3.63, 3.8) is 0 Å². The van der Waals surface area contributed by atoms with Gasteiger partial charge in [-0.3, -0.25) is 0 Å². The average Bonchev–Trinajstić information content (AvgIpc) is 1.98. The maximum Gasteiger partial charge on any atom is 0.102 e. The van der Waals surface area contributed by atoms with E-state index in [1.165, 1.54) is 0 Å². The molecule has 2 atom stereocenters. The second kappa shape index (κ2) is 5.29. The van der Waals surface area contributed by atoms with Gasteiger partial charge in [0.15, 0.2) is 0 Å². The summed E-state index contributed by atoms with van der Waals surface area (Å²) in [6, 6.07) is 0. The molecule has 0 amide bonds. The van der Waals surface area contributed by atoms with Crippen LogP contribution in [0.25, 0.3) is 0 Å². The van der Waals surface area contributed by atoms with Crippen molar-refractivity contribution in [2.45, 2.75) is 39.3 Å². The molecule has 0 radical (unpaired) electrons. The van der Waals surface area contributed by atoms with Crippen LogP contribution in [0, 0.1) is 18.3 Å². The molecule has 0 aromatic rings. The summed E-state index contributed by atoms with van der Waals surface area (Å²) in [4.78, 5) is 0. The molecule has 0 heterocycles. The van der Waals surface area contributed by atoms with Crippen LogP contribution in [0.1, 0.15) is 33.1 Å². The molecule has 0 aliphatic heterocycles. The summed E-state index contributed by atoms with van der Waals surface area (Å²) in [6.07, 6.45) is 6.48. The van der Waals surface area contributed by atoms with Gasteiger partial charge in [0.05, 0.1) is 0 Å². The highest BCUT2D eigenvalue weighted by molar-refractivity contribution is 4.84. The molecule has 58 valence electrons. The second-order valence-electron chi connectivity index (χ2n) is 2.64. The first kappa shape index (κ1) is 9.49. The molecule has 0 saturated heterocycles. The highest BCUT2D eigenvalue weighted by atomic mass is 19.1. The van der Waals surface area contributed by atoms with Crippen LogP contribution in [0.3, 0.4) is 0 Å². The first-order valence-electron chi connectivity index (χ1n) is 3.79. The van der Waals surface area contributed by atoms with Crippen molar-refractivity contribution in [1.29, 1.82) is 0 Å². The standard InChI is InChI=1S/C9H15F/c1-4-6-7-8(3)9(10)5-2/h1,8-9H,5-7H2,2-3H3. The minimum absolute atomic E-state index is 0.126. The van der Waals surface area contributed by atoms with Gasteiger partial charge in [-0.05, 0) is 18.8 Å². The lowest BCUT2D eigenvalue weighted by molar-refractivity contribution is 0.226. The lowest BCUT2D eigenvalue weighted by atomic mass is 9.99.